The molecule has 3 aromatic rings. The van der Waals surface area contributed by atoms with Gasteiger partial charge in [-0.3, -0.25) is 14.5 Å². The molecule has 112 valence electrons. The summed E-state index contributed by atoms with van der Waals surface area (Å²) in [6.07, 6.45) is 6.83. The predicted molar refractivity (Wildman–Crippen MR) is 89.0 cm³/mol. The minimum absolute atomic E-state index is 0.0148. The number of hydrogen-bond acceptors (Lipinski definition) is 4. The molecule has 3 rings (SSSR count). The first-order chi connectivity index (χ1) is 10.7. The second-order valence-corrected chi connectivity index (χ2v) is 6.51. The van der Waals surface area contributed by atoms with Crippen molar-refractivity contribution in [1.82, 2.24) is 20.1 Å². The van der Waals surface area contributed by atoms with E-state index >= 15 is 0 Å². The van der Waals surface area contributed by atoms with Gasteiger partial charge in [0.1, 0.15) is 6.04 Å². The number of nitrogens with one attached hydrogen (secondary N) is 1. The lowest BCUT2D eigenvalue weighted by Crippen LogP contribution is -2.31. The Kier molecular flexibility index (Phi) is 4.65. The van der Waals surface area contributed by atoms with Crippen molar-refractivity contribution in [3.05, 3.63) is 69.3 Å². The topological polar surface area (TPSA) is 59.8 Å². The number of pyridine rings is 1. The zero-order valence-electron chi connectivity index (χ0n) is 11.5. The summed E-state index contributed by atoms with van der Waals surface area (Å²) in [7, 11) is 0. The maximum Gasteiger partial charge on any atom is 0.252 e. The van der Waals surface area contributed by atoms with Gasteiger partial charge in [0.25, 0.3) is 5.91 Å². The largest absolute Gasteiger partial charge is 0.349 e. The fraction of sp³-hybridized carbons (Fsp3) is 0.133. The van der Waals surface area contributed by atoms with Crippen molar-refractivity contribution in [3.8, 4) is 0 Å². The second kappa shape index (κ2) is 6.85. The van der Waals surface area contributed by atoms with E-state index in [4.69, 9.17) is 0 Å². The van der Waals surface area contributed by atoms with E-state index in [1.54, 1.807) is 36.0 Å². The fourth-order valence-corrected chi connectivity index (χ4v) is 3.28. The summed E-state index contributed by atoms with van der Waals surface area (Å²) < 4.78 is 2.63. The minimum atomic E-state index is -0.150. The summed E-state index contributed by atoms with van der Waals surface area (Å²) >= 11 is 4.97. The van der Waals surface area contributed by atoms with Crippen LogP contribution in [0.4, 0.5) is 0 Å². The summed E-state index contributed by atoms with van der Waals surface area (Å²) in [5.41, 5.74) is 0.528. The molecule has 0 unspecified atom stereocenters. The van der Waals surface area contributed by atoms with Crippen LogP contribution in [0.3, 0.4) is 0 Å². The van der Waals surface area contributed by atoms with Crippen LogP contribution in [0.1, 0.15) is 21.3 Å². The van der Waals surface area contributed by atoms with E-state index in [2.05, 4.69) is 31.3 Å². The molecule has 1 atom stereocenters. The molecular weight excluding hydrogens is 364 g/mol. The highest BCUT2D eigenvalue weighted by Crippen LogP contribution is 2.22. The fourth-order valence-electron chi connectivity index (χ4n) is 2.10. The zero-order valence-corrected chi connectivity index (χ0v) is 13.9. The average Bonchev–Trinajstić information content (AvgIpc) is 3.21. The summed E-state index contributed by atoms with van der Waals surface area (Å²) in [4.78, 5) is 17.4. The normalized spacial score (nSPS) is 12.0. The molecule has 0 bridgehead atoms. The maximum absolute atomic E-state index is 12.2. The van der Waals surface area contributed by atoms with Crippen molar-refractivity contribution in [2.75, 3.05) is 6.54 Å². The molecule has 7 heteroatoms. The third-order valence-corrected chi connectivity index (χ3v) is 4.55. The molecule has 0 aliphatic carbocycles. The highest BCUT2D eigenvalue weighted by Gasteiger charge is 2.17. The van der Waals surface area contributed by atoms with Crippen LogP contribution in [0.15, 0.2) is 58.9 Å². The van der Waals surface area contributed by atoms with Crippen LogP contribution in [0, 0.1) is 0 Å². The lowest BCUT2D eigenvalue weighted by Gasteiger charge is -2.17. The number of amides is 1. The molecule has 1 N–H and O–H groups in total. The number of carbonyl (C=O) groups is 1. The van der Waals surface area contributed by atoms with Crippen LogP contribution in [0.5, 0.6) is 0 Å². The van der Waals surface area contributed by atoms with E-state index in [0.717, 1.165) is 9.35 Å². The number of aromatic nitrogens is 3. The number of hydrogen-bond donors (Lipinski definition) is 1. The zero-order chi connectivity index (χ0) is 15.4. The second-order valence-electron chi connectivity index (χ2n) is 4.62. The summed E-state index contributed by atoms with van der Waals surface area (Å²) in [5.74, 6) is -0.150. The van der Waals surface area contributed by atoms with Crippen molar-refractivity contribution in [2.24, 2.45) is 0 Å². The van der Waals surface area contributed by atoms with Gasteiger partial charge in [0, 0.05) is 40.7 Å². The van der Waals surface area contributed by atoms with Crippen LogP contribution in [0.25, 0.3) is 0 Å². The van der Waals surface area contributed by atoms with Crippen molar-refractivity contribution < 1.29 is 4.79 Å². The third-order valence-electron chi connectivity index (χ3n) is 3.14. The number of halogens is 1. The highest BCUT2D eigenvalue weighted by molar-refractivity contribution is 9.10. The van der Waals surface area contributed by atoms with Gasteiger partial charge in [-0.1, -0.05) is 6.07 Å². The molecule has 0 aromatic carbocycles. The van der Waals surface area contributed by atoms with Crippen molar-refractivity contribution >= 4 is 33.2 Å². The molecule has 1 amide bonds. The number of thiophene rings is 1. The van der Waals surface area contributed by atoms with Gasteiger partial charge in [0.05, 0.1) is 5.56 Å². The Hall–Kier alpha value is -1.99. The quantitative estimate of drug-likeness (QED) is 0.743. The van der Waals surface area contributed by atoms with E-state index in [1.807, 2.05) is 34.5 Å². The first-order valence-corrected chi connectivity index (χ1v) is 8.32. The summed E-state index contributed by atoms with van der Waals surface area (Å²) in [6, 6.07) is 7.65. The Morgan fingerprint density at radius 1 is 1.41 bits per heavy atom. The first kappa shape index (κ1) is 14.9. The SMILES string of the molecule is O=C(NC[C@H](c1cccs1)n1cccn1)c1cncc(Br)c1. The van der Waals surface area contributed by atoms with Crippen LogP contribution < -0.4 is 5.32 Å². The molecule has 22 heavy (non-hydrogen) atoms. The van der Waals surface area contributed by atoms with Gasteiger partial charge >= 0.3 is 0 Å². The van der Waals surface area contributed by atoms with Gasteiger partial charge in [0.15, 0.2) is 0 Å². The van der Waals surface area contributed by atoms with Gasteiger partial charge < -0.3 is 5.32 Å². The van der Waals surface area contributed by atoms with Gasteiger partial charge in [-0.2, -0.15) is 5.10 Å². The predicted octanol–water partition coefficient (Wildman–Crippen LogP) is 3.12. The standard InChI is InChI=1S/C15H13BrN4OS/c16-12-7-11(8-17-9-12)15(21)18-10-13(14-3-1-6-22-14)20-5-2-4-19-20/h1-9,13H,10H2,(H,18,21)/t13-/m1/s1. The van der Waals surface area contributed by atoms with Gasteiger partial charge in [0.2, 0.25) is 0 Å². The molecule has 0 aliphatic heterocycles. The molecule has 5 nitrogen and oxygen atoms in total. The smallest absolute Gasteiger partial charge is 0.252 e. The molecule has 0 saturated heterocycles. The maximum atomic E-state index is 12.2. The molecule has 0 radical (unpaired) electrons. The Labute approximate surface area is 140 Å². The first-order valence-electron chi connectivity index (χ1n) is 6.65. The molecule has 0 fully saturated rings. The summed E-state index contributed by atoms with van der Waals surface area (Å²) in [6.45, 7) is 0.466. The number of carbonyl (C=O) groups excluding carboxylic acids is 1. The van der Waals surface area contributed by atoms with E-state index in [1.165, 1.54) is 0 Å². The molecule has 0 aliphatic rings. The van der Waals surface area contributed by atoms with Crippen LogP contribution in [0.2, 0.25) is 0 Å². The highest BCUT2D eigenvalue weighted by atomic mass is 79.9. The van der Waals surface area contributed by atoms with Crippen LogP contribution >= 0.6 is 27.3 Å². The van der Waals surface area contributed by atoms with E-state index in [0.29, 0.717) is 12.1 Å². The molecular formula is C15H13BrN4OS. The molecule has 3 aromatic heterocycles. The lowest BCUT2D eigenvalue weighted by molar-refractivity contribution is 0.0949. The minimum Gasteiger partial charge on any atom is -0.349 e. The summed E-state index contributed by atoms with van der Waals surface area (Å²) in [5, 5.41) is 9.26. The van der Waals surface area contributed by atoms with E-state index in [-0.39, 0.29) is 11.9 Å². The Balaban J connectivity index is 1.73. The van der Waals surface area contributed by atoms with E-state index < -0.39 is 0 Å². The Morgan fingerprint density at radius 3 is 3.00 bits per heavy atom. The van der Waals surface area contributed by atoms with Crippen LogP contribution in [-0.4, -0.2) is 27.2 Å². The molecule has 0 spiro atoms. The number of nitrogens with zero attached hydrogens (tertiary/aromatic N) is 3. The Bertz CT molecular complexity index is 709. The van der Waals surface area contributed by atoms with Crippen molar-refractivity contribution in [1.29, 1.82) is 0 Å². The monoisotopic (exact) mass is 376 g/mol. The lowest BCUT2D eigenvalue weighted by atomic mass is 10.2. The Morgan fingerprint density at radius 2 is 2.32 bits per heavy atom. The third kappa shape index (κ3) is 3.42. The van der Waals surface area contributed by atoms with Gasteiger partial charge in [-0.15, -0.1) is 11.3 Å². The van der Waals surface area contributed by atoms with Crippen molar-refractivity contribution in [2.45, 2.75) is 6.04 Å². The van der Waals surface area contributed by atoms with Crippen LogP contribution in [-0.2, 0) is 0 Å². The number of rotatable bonds is 5. The van der Waals surface area contributed by atoms with Gasteiger partial charge in [-0.05, 0) is 39.5 Å². The van der Waals surface area contributed by atoms with Gasteiger partial charge in [-0.25, -0.2) is 0 Å². The molecule has 3 heterocycles. The van der Waals surface area contributed by atoms with E-state index in [9.17, 15) is 4.79 Å². The average molecular weight is 377 g/mol. The van der Waals surface area contributed by atoms with Crippen molar-refractivity contribution in [3.63, 3.8) is 0 Å². The molecule has 0 saturated carbocycles.